The Morgan fingerprint density at radius 1 is 1.10 bits per heavy atom. The molecule has 41 heavy (non-hydrogen) atoms. The number of nitrogens with one attached hydrogen (secondary N) is 1. The number of rotatable bonds is 10. The number of thioether (sulfide) groups is 1. The number of carbonyl (C=O) groups is 1. The molecule has 1 aliphatic heterocycles. The molecule has 8 nitrogen and oxygen atoms in total. The lowest BCUT2D eigenvalue weighted by atomic mass is 10.0. The molecule has 1 N–H and O–H groups in total. The van der Waals surface area contributed by atoms with Crippen LogP contribution in [0.1, 0.15) is 50.9 Å². The number of nitrogens with zero attached hydrogens (tertiary/aromatic N) is 3. The Morgan fingerprint density at radius 3 is 2.59 bits per heavy atom. The molecule has 0 fully saturated rings. The molecule has 2 heterocycles. The van der Waals surface area contributed by atoms with Crippen molar-refractivity contribution < 1.29 is 19.0 Å². The largest absolute Gasteiger partial charge is 0.490 e. The van der Waals surface area contributed by atoms with Crippen LogP contribution in [-0.2, 0) is 11.4 Å². The number of amides is 1. The second-order valence-corrected chi connectivity index (χ2v) is 11.5. The normalized spacial score (nSPS) is 13.9. The third-order valence-corrected chi connectivity index (χ3v) is 8.23. The second-order valence-electron chi connectivity index (χ2n) is 9.57. The van der Waals surface area contributed by atoms with Crippen molar-refractivity contribution in [2.24, 2.45) is 0 Å². The summed E-state index contributed by atoms with van der Waals surface area (Å²) in [6.45, 7) is 6.33. The Hall–Kier alpha value is -3.63. The van der Waals surface area contributed by atoms with Gasteiger partial charge in [0.2, 0.25) is 11.1 Å². The second kappa shape index (κ2) is 12.9. The number of benzene rings is 3. The number of fused-ring (bicyclic) bond motifs is 3. The number of anilines is 1. The first-order valence-electron chi connectivity index (χ1n) is 13.6. The highest BCUT2D eigenvalue weighted by Crippen LogP contribution is 2.42. The van der Waals surface area contributed by atoms with Crippen molar-refractivity contribution in [1.29, 1.82) is 0 Å². The number of halogens is 1. The minimum absolute atomic E-state index is 0.179. The molecule has 1 amide bonds. The Morgan fingerprint density at radius 2 is 1.85 bits per heavy atom. The van der Waals surface area contributed by atoms with E-state index in [1.807, 2.05) is 73.7 Å². The Labute approximate surface area is 251 Å². The minimum atomic E-state index is -0.732. The third kappa shape index (κ3) is 6.04. The van der Waals surface area contributed by atoms with Crippen LogP contribution in [0.4, 0.5) is 5.69 Å². The summed E-state index contributed by atoms with van der Waals surface area (Å²) in [7, 11) is 0. The van der Waals surface area contributed by atoms with E-state index in [2.05, 4.69) is 27.8 Å². The van der Waals surface area contributed by atoms with E-state index in [-0.39, 0.29) is 11.5 Å². The van der Waals surface area contributed by atoms with Gasteiger partial charge in [-0.15, -0.1) is 0 Å². The molecule has 0 unspecified atom stereocenters. The van der Waals surface area contributed by atoms with E-state index in [1.165, 1.54) is 18.7 Å². The number of aromatic nitrogens is 3. The standard InChI is InChI=1S/C31H31BrN4O4S/c1-4-6-16-41-31-33-29(38)27-23-14-10-11-15-25(23)35(20(3)37)30(36(27)34-31)22-17-24(32)28(26(18-22)39-5-2)40-19-21-12-8-7-9-13-21/h7-15,17-18,30H,4-6,16,19H2,1-3H3/p+1/t30-/m1/s1. The molecule has 0 radical (unpaired) electrons. The zero-order chi connectivity index (χ0) is 28.9. The van der Waals surface area contributed by atoms with Crippen molar-refractivity contribution >= 4 is 39.3 Å². The van der Waals surface area contributed by atoms with Gasteiger partial charge in [-0.1, -0.05) is 67.6 Å². The summed E-state index contributed by atoms with van der Waals surface area (Å²) in [5.74, 6) is 1.73. The van der Waals surface area contributed by atoms with E-state index < -0.39 is 6.17 Å². The lowest BCUT2D eigenvalue weighted by Crippen LogP contribution is -2.60. The van der Waals surface area contributed by atoms with Crippen molar-refractivity contribution in [2.45, 2.75) is 51.5 Å². The zero-order valence-electron chi connectivity index (χ0n) is 23.2. The first-order valence-corrected chi connectivity index (χ1v) is 15.4. The van der Waals surface area contributed by atoms with Crippen molar-refractivity contribution in [1.82, 2.24) is 10.1 Å². The number of aromatic amines is 1. The van der Waals surface area contributed by atoms with Gasteiger partial charge < -0.3 is 9.47 Å². The molecule has 4 aromatic rings. The minimum Gasteiger partial charge on any atom is -0.490 e. The van der Waals surface area contributed by atoms with Crippen LogP contribution in [0.2, 0.25) is 0 Å². The van der Waals surface area contributed by atoms with Crippen molar-refractivity contribution in [3.8, 4) is 22.8 Å². The average Bonchev–Trinajstić information content (AvgIpc) is 2.96. The number of ether oxygens (including phenoxy) is 2. The lowest BCUT2D eigenvalue weighted by Gasteiger charge is -2.31. The summed E-state index contributed by atoms with van der Waals surface area (Å²) in [6.07, 6.45) is 1.30. The first kappa shape index (κ1) is 28.9. The third-order valence-electron chi connectivity index (χ3n) is 6.69. The molecular formula is C31H32BrN4O4S+. The van der Waals surface area contributed by atoms with Crippen LogP contribution >= 0.6 is 27.7 Å². The van der Waals surface area contributed by atoms with E-state index in [4.69, 9.17) is 14.6 Å². The maximum absolute atomic E-state index is 13.6. The van der Waals surface area contributed by atoms with Gasteiger partial charge in [-0.25, -0.2) is 4.90 Å². The Kier molecular flexibility index (Phi) is 9.09. The molecule has 0 aliphatic carbocycles. The molecule has 212 valence electrons. The quantitative estimate of drug-likeness (QED) is 0.126. The highest BCUT2D eigenvalue weighted by molar-refractivity contribution is 9.10. The van der Waals surface area contributed by atoms with Gasteiger partial charge in [0.05, 0.1) is 27.9 Å². The maximum Gasteiger partial charge on any atom is 0.325 e. The molecule has 1 atom stereocenters. The van der Waals surface area contributed by atoms with E-state index in [0.29, 0.717) is 56.9 Å². The molecule has 10 heteroatoms. The van der Waals surface area contributed by atoms with Crippen LogP contribution in [0.15, 0.2) is 81.2 Å². The van der Waals surface area contributed by atoms with Crippen LogP contribution < -0.4 is 24.6 Å². The molecule has 0 bridgehead atoms. The number of hydrogen-bond donors (Lipinski definition) is 1. The summed E-state index contributed by atoms with van der Waals surface area (Å²) in [5, 5.41) is 5.39. The fourth-order valence-electron chi connectivity index (χ4n) is 4.86. The predicted octanol–water partition coefficient (Wildman–Crippen LogP) is 6.27. The number of H-pyrrole nitrogens is 1. The highest BCUT2D eigenvalue weighted by Gasteiger charge is 2.45. The lowest BCUT2D eigenvalue weighted by molar-refractivity contribution is -0.763. The van der Waals surface area contributed by atoms with Crippen LogP contribution in [-0.4, -0.2) is 28.3 Å². The number of carbonyl (C=O) groups excluding carboxylic acids is 1. The average molecular weight is 637 g/mol. The van der Waals surface area contributed by atoms with Gasteiger partial charge in [-0.3, -0.25) is 14.6 Å². The van der Waals surface area contributed by atoms with Gasteiger partial charge in [-0.2, -0.15) is 0 Å². The smallest absolute Gasteiger partial charge is 0.325 e. The molecule has 5 rings (SSSR count). The highest BCUT2D eigenvalue weighted by atomic mass is 79.9. The zero-order valence-corrected chi connectivity index (χ0v) is 25.6. The topological polar surface area (TPSA) is 88.4 Å². The summed E-state index contributed by atoms with van der Waals surface area (Å²) >= 11 is 5.19. The molecule has 1 aliphatic rings. The Bertz CT molecular complexity index is 1610. The van der Waals surface area contributed by atoms with Gasteiger partial charge in [0.1, 0.15) is 6.61 Å². The SMILES string of the molecule is CCCCSc1n[n+]2c(c(=O)[nH]1)-c1ccccc1N(C(C)=O)[C@H]2c1cc(Br)c(OCc2ccccc2)c(OCC)c1. The van der Waals surface area contributed by atoms with Crippen LogP contribution in [0.3, 0.4) is 0 Å². The van der Waals surface area contributed by atoms with Gasteiger partial charge in [0, 0.05) is 17.8 Å². The van der Waals surface area contributed by atoms with Gasteiger partial charge in [0.15, 0.2) is 11.5 Å². The van der Waals surface area contributed by atoms with Crippen molar-refractivity contribution in [2.75, 3.05) is 17.3 Å². The number of hydrogen-bond acceptors (Lipinski definition) is 6. The van der Waals surface area contributed by atoms with Crippen molar-refractivity contribution in [3.05, 3.63) is 92.7 Å². The summed E-state index contributed by atoms with van der Waals surface area (Å²) in [4.78, 5) is 31.5. The number of unbranched alkanes of at least 4 members (excludes halogenated alkanes) is 1. The van der Waals surface area contributed by atoms with E-state index in [9.17, 15) is 9.59 Å². The van der Waals surface area contributed by atoms with Crippen LogP contribution in [0.5, 0.6) is 11.5 Å². The predicted molar refractivity (Wildman–Crippen MR) is 164 cm³/mol. The van der Waals surface area contributed by atoms with E-state index in [0.717, 1.165) is 24.2 Å². The van der Waals surface area contributed by atoms with E-state index in [1.54, 1.807) is 9.58 Å². The summed E-state index contributed by atoms with van der Waals surface area (Å²) < 4.78 is 14.6. The maximum atomic E-state index is 13.6. The fraction of sp³-hybridized carbons (Fsp3) is 0.290. The molecule has 0 spiro atoms. The molecule has 0 saturated carbocycles. The van der Waals surface area contributed by atoms with E-state index >= 15 is 0 Å². The Balaban J connectivity index is 1.66. The first-order chi connectivity index (χ1) is 19.9. The molecule has 1 aromatic heterocycles. The van der Waals surface area contributed by atoms with Crippen molar-refractivity contribution in [3.63, 3.8) is 0 Å². The molecular weight excluding hydrogens is 604 g/mol. The van der Waals surface area contributed by atoms with Gasteiger partial charge in [0.25, 0.3) is 6.17 Å². The number of para-hydroxylation sites is 1. The monoisotopic (exact) mass is 635 g/mol. The van der Waals surface area contributed by atoms with Crippen LogP contribution in [0, 0.1) is 0 Å². The van der Waals surface area contributed by atoms with Gasteiger partial charge >= 0.3 is 11.3 Å². The van der Waals surface area contributed by atoms with Crippen LogP contribution in [0.25, 0.3) is 11.3 Å². The fourth-order valence-corrected chi connectivity index (χ4v) is 6.37. The summed E-state index contributed by atoms with van der Waals surface area (Å²) in [5.41, 5.74) is 3.16. The molecule has 0 saturated heterocycles. The molecule has 3 aromatic carbocycles. The summed E-state index contributed by atoms with van der Waals surface area (Å²) in [6, 6.07) is 21.1. The van der Waals surface area contributed by atoms with Gasteiger partial charge in [-0.05, 0) is 63.8 Å².